The first-order chi connectivity index (χ1) is 16.7. The van der Waals surface area contributed by atoms with Crippen LogP contribution in [0.3, 0.4) is 0 Å². The molecule has 4 heterocycles. The fraction of sp³-hybridized carbons (Fsp3) is 0.261. The van der Waals surface area contributed by atoms with Crippen molar-refractivity contribution in [2.75, 3.05) is 12.3 Å². The zero-order valence-electron chi connectivity index (χ0n) is 19.2. The maximum Gasteiger partial charge on any atom is 0.268 e. The molecule has 3 aromatic heterocycles. The highest BCUT2D eigenvalue weighted by molar-refractivity contribution is 7.89. The van der Waals surface area contributed by atoms with E-state index in [4.69, 9.17) is 5.73 Å². The van der Waals surface area contributed by atoms with Crippen LogP contribution in [0.2, 0.25) is 0 Å². The van der Waals surface area contributed by atoms with Gasteiger partial charge < -0.3 is 15.6 Å². The van der Waals surface area contributed by atoms with Gasteiger partial charge in [0, 0.05) is 49.2 Å². The molecular formula is C23H24FN7O3S. The molecule has 0 fully saturated rings. The Bertz CT molecular complexity index is 1580. The average molecular weight is 498 g/mol. The van der Waals surface area contributed by atoms with Crippen molar-refractivity contribution in [1.82, 2.24) is 29.0 Å². The SMILES string of the molecule is Cc1c(S(=O)(=O)N2CCn3nccc3C2)cc(C(=O)NCc2c(F)cc(N)c3ncccc23)n1C. The molecule has 0 atom stereocenters. The molecule has 0 aliphatic carbocycles. The molecule has 1 aliphatic rings. The lowest BCUT2D eigenvalue weighted by Crippen LogP contribution is -2.38. The van der Waals surface area contributed by atoms with Gasteiger partial charge in [-0.2, -0.15) is 9.40 Å². The number of halogens is 1. The number of pyridine rings is 1. The highest BCUT2D eigenvalue weighted by Gasteiger charge is 2.32. The Hall–Kier alpha value is -3.77. The number of hydrogen-bond acceptors (Lipinski definition) is 6. The second-order valence-corrected chi connectivity index (χ2v) is 10.3. The van der Waals surface area contributed by atoms with Crippen molar-refractivity contribution in [3.8, 4) is 0 Å². The Kier molecular flexibility index (Phi) is 5.56. The van der Waals surface area contributed by atoms with Crippen LogP contribution < -0.4 is 11.1 Å². The predicted molar refractivity (Wildman–Crippen MR) is 127 cm³/mol. The van der Waals surface area contributed by atoms with Crippen LogP contribution in [0.15, 0.2) is 47.6 Å². The van der Waals surface area contributed by atoms with Gasteiger partial charge in [0.25, 0.3) is 5.91 Å². The predicted octanol–water partition coefficient (Wildman–Crippen LogP) is 1.93. The minimum atomic E-state index is -3.85. The summed E-state index contributed by atoms with van der Waals surface area (Å²) >= 11 is 0. The molecule has 0 unspecified atom stereocenters. The molecule has 35 heavy (non-hydrogen) atoms. The van der Waals surface area contributed by atoms with E-state index in [1.165, 1.54) is 21.0 Å². The number of nitrogens with one attached hydrogen (secondary N) is 1. The van der Waals surface area contributed by atoms with Gasteiger partial charge in [-0.05, 0) is 31.2 Å². The number of nitrogens with zero attached hydrogens (tertiary/aromatic N) is 5. The van der Waals surface area contributed by atoms with Crippen LogP contribution >= 0.6 is 0 Å². The smallest absolute Gasteiger partial charge is 0.268 e. The molecule has 5 rings (SSSR count). The number of carbonyl (C=O) groups is 1. The zero-order valence-corrected chi connectivity index (χ0v) is 20.0. The molecule has 0 spiro atoms. The van der Waals surface area contributed by atoms with Crippen LogP contribution in [0, 0.1) is 12.7 Å². The summed E-state index contributed by atoms with van der Waals surface area (Å²) in [5.41, 5.74) is 8.17. The summed E-state index contributed by atoms with van der Waals surface area (Å²) in [5.74, 6) is -1.08. The first kappa shape index (κ1) is 23.0. The minimum Gasteiger partial charge on any atom is -0.397 e. The van der Waals surface area contributed by atoms with Crippen LogP contribution in [-0.2, 0) is 36.7 Å². The summed E-state index contributed by atoms with van der Waals surface area (Å²) in [6.45, 7) is 2.48. The van der Waals surface area contributed by atoms with Gasteiger partial charge in [-0.3, -0.25) is 14.5 Å². The molecule has 0 radical (unpaired) electrons. The van der Waals surface area contributed by atoms with Crippen molar-refractivity contribution in [2.45, 2.75) is 31.5 Å². The normalized spacial score (nSPS) is 14.3. The zero-order chi connectivity index (χ0) is 24.9. The maximum absolute atomic E-state index is 14.7. The highest BCUT2D eigenvalue weighted by Crippen LogP contribution is 2.28. The molecule has 12 heteroatoms. The largest absolute Gasteiger partial charge is 0.397 e. The number of anilines is 1. The van der Waals surface area contributed by atoms with Gasteiger partial charge in [0.1, 0.15) is 16.4 Å². The van der Waals surface area contributed by atoms with Crippen LogP contribution in [0.5, 0.6) is 0 Å². The molecule has 10 nitrogen and oxygen atoms in total. The summed E-state index contributed by atoms with van der Waals surface area (Å²) in [6, 6.07) is 7.68. The number of nitrogen functional groups attached to an aromatic ring is 1. The third-order valence-corrected chi connectivity index (χ3v) is 8.41. The fourth-order valence-electron chi connectivity index (χ4n) is 4.39. The monoisotopic (exact) mass is 497 g/mol. The minimum absolute atomic E-state index is 0.0615. The van der Waals surface area contributed by atoms with E-state index in [9.17, 15) is 17.6 Å². The molecule has 0 saturated carbocycles. The lowest BCUT2D eigenvalue weighted by atomic mass is 10.1. The fourth-order valence-corrected chi connectivity index (χ4v) is 6.07. The van der Waals surface area contributed by atoms with Crippen molar-refractivity contribution >= 4 is 32.5 Å². The van der Waals surface area contributed by atoms with Crippen LogP contribution in [0.4, 0.5) is 10.1 Å². The molecule has 1 amide bonds. The van der Waals surface area contributed by atoms with Gasteiger partial charge in [0.2, 0.25) is 10.0 Å². The Morgan fingerprint density at radius 3 is 2.83 bits per heavy atom. The number of rotatable bonds is 5. The van der Waals surface area contributed by atoms with E-state index in [1.807, 2.05) is 0 Å². The lowest BCUT2D eigenvalue weighted by molar-refractivity contribution is 0.0942. The van der Waals surface area contributed by atoms with Crippen LogP contribution in [0.25, 0.3) is 10.9 Å². The summed E-state index contributed by atoms with van der Waals surface area (Å²) in [4.78, 5) is 17.3. The van der Waals surface area contributed by atoms with Crippen molar-refractivity contribution in [3.05, 3.63) is 71.2 Å². The summed E-state index contributed by atoms with van der Waals surface area (Å²) in [6.07, 6.45) is 3.20. The maximum atomic E-state index is 14.7. The van der Waals surface area contributed by atoms with Crippen molar-refractivity contribution in [1.29, 1.82) is 0 Å². The topological polar surface area (TPSA) is 128 Å². The van der Waals surface area contributed by atoms with Crippen molar-refractivity contribution < 1.29 is 17.6 Å². The van der Waals surface area contributed by atoms with Gasteiger partial charge in [-0.15, -0.1) is 0 Å². The molecule has 3 N–H and O–H groups in total. The van der Waals surface area contributed by atoms with E-state index in [2.05, 4.69) is 15.4 Å². The Balaban J connectivity index is 1.41. The van der Waals surface area contributed by atoms with E-state index < -0.39 is 21.7 Å². The average Bonchev–Trinajstić information content (AvgIpc) is 3.43. The molecule has 1 aliphatic heterocycles. The number of nitrogens with two attached hydrogens (primary N) is 1. The van der Waals surface area contributed by atoms with Gasteiger partial charge in [-0.1, -0.05) is 6.07 Å². The third kappa shape index (κ3) is 3.84. The van der Waals surface area contributed by atoms with E-state index in [0.29, 0.717) is 23.1 Å². The molecule has 0 bridgehead atoms. The number of sulfonamides is 1. The molecule has 0 saturated heterocycles. The Labute approximate surface area is 201 Å². The molecular weight excluding hydrogens is 473 g/mol. The van der Waals surface area contributed by atoms with Crippen molar-refractivity contribution in [3.63, 3.8) is 0 Å². The number of benzene rings is 1. The number of fused-ring (bicyclic) bond motifs is 2. The molecule has 4 aromatic rings. The second-order valence-electron chi connectivity index (χ2n) is 8.43. The van der Waals surface area contributed by atoms with E-state index in [-0.39, 0.29) is 41.5 Å². The summed E-state index contributed by atoms with van der Waals surface area (Å²) in [5, 5.41) is 7.38. The first-order valence-corrected chi connectivity index (χ1v) is 12.4. The van der Waals surface area contributed by atoms with Crippen molar-refractivity contribution in [2.24, 2.45) is 7.05 Å². The number of aromatic nitrogens is 4. The quantitative estimate of drug-likeness (QED) is 0.406. The summed E-state index contributed by atoms with van der Waals surface area (Å²) < 4.78 is 46.2. The van der Waals surface area contributed by atoms with E-state index >= 15 is 0 Å². The summed E-state index contributed by atoms with van der Waals surface area (Å²) in [7, 11) is -2.22. The third-order valence-electron chi connectivity index (χ3n) is 6.45. The number of amides is 1. The van der Waals surface area contributed by atoms with Gasteiger partial charge in [-0.25, -0.2) is 12.8 Å². The molecule has 182 valence electrons. The second kappa shape index (κ2) is 8.47. The van der Waals surface area contributed by atoms with Gasteiger partial charge >= 0.3 is 0 Å². The Morgan fingerprint density at radius 2 is 2.03 bits per heavy atom. The number of carbonyl (C=O) groups excluding carboxylic acids is 1. The van der Waals surface area contributed by atoms with E-state index in [1.54, 1.807) is 49.2 Å². The van der Waals surface area contributed by atoms with Gasteiger partial charge in [0.05, 0.1) is 30.0 Å². The number of hydrogen-bond donors (Lipinski definition) is 2. The first-order valence-electron chi connectivity index (χ1n) is 11.0. The van der Waals surface area contributed by atoms with Crippen LogP contribution in [0.1, 0.15) is 27.4 Å². The van der Waals surface area contributed by atoms with Gasteiger partial charge in [0.15, 0.2) is 0 Å². The van der Waals surface area contributed by atoms with E-state index in [0.717, 1.165) is 5.69 Å². The van der Waals surface area contributed by atoms with Crippen LogP contribution in [-0.4, -0.2) is 44.5 Å². The molecule has 1 aromatic carbocycles. The standard InChI is InChI=1S/C23H24FN7O3S/c1-14-21(35(33,34)30-8-9-31-15(13-30)5-7-28-31)11-20(29(14)2)23(32)27-12-17-16-4-3-6-26-22(16)19(25)10-18(17)24/h3-7,10-11H,8-9,12-13,25H2,1-2H3,(H,27,32). The lowest BCUT2D eigenvalue weighted by Gasteiger charge is -2.26. The Morgan fingerprint density at radius 1 is 1.23 bits per heavy atom. The highest BCUT2D eigenvalue weighted by atomic mass is 32.2.